The second-order valence-electron chi connectivity index (χ2n) is 3.02. The van der Waals surface area contributed by atoms with Crippen molar-refractivity contribution in [1.82, 2.24) is 10.3 Å². The fourth-order valence-corrected chi connectivity index (χ4v) is 2.12. The first-order valence-corrected chi connectivity index (χ1v) is 5.50. The van der Waals surface area contributed by atoms with Crippen molar-refractivity contribution in [2.24, 2.45) is 0 Å². The number of thiophene rings is 1. The summed E-state index contributed by atoms with van der Waals surface area (Å²) in [6.07, 6.45) is 1.85. The van der Waals surface area contributed by atoms with Gasteiger partial charge >= 0.3 is 0 Å². The Morgan fingerprint density at radius 1 is 1.36 bits per heavy atom. The van der Waals surface area contributed by atoms with E-state index in [0.717, 1.165) is 18.9 Å². The Hall–Kier alpha value is -1.13. The van der Waals surface area contributed by atoms with Gasteiger partial charge in [-0.1, -0.05) is 0 Å². The summed E-state index contributed by atoms with van der Waals surface area (Å²) >= 11 is 1.75. The summed E-state index contributed by atoms with van der Waals surface area (Å²) in [6, 6.07) is 4.15. The summed E-state index contributed by atoms with van der Waals surface area (Å²) in [4.78, 5) is 4.32. The molecule has 0 aromatic carbocycles. The molecule has 0 amide bonds. The van der Waals surface area contributed by atoms with E-state index in [1.54, 1.807) is 11.3 Å². The largest absolute Gasteiger partial charge is 0.368 e. The average molecular weight is 207 g/mol. The molecule has 3 nitrogen and oxygen atoms in total. The van der Waals surface area contributed by atoms with Gasteiger partial charge in [0, 0.05) is 29.4 Å². The quantitative estimate of drug-likeness (QED) is 0.752. The molecule has 0 aliphatic carbocycles. The van der Waals surface area contributed by atoms with Crippen LogP contribution in [0.3, 0.4) is 0 Å². The van der Waals surface area contributed by atoms with Crippen molar-refractivity contribution < 1.29 is 0 Å². The van der Waals surface area contributed by atoms with Crippen LogP contribution in [0.4, 0.5) is 5.82 Å². The standard InChI is InChI=1S/C10H13N3S/c1-11-5-6-13-10-8-3-7-14-9(8)2-4-12-10/h2-4,7,11H,5-6H2,1H3,(H,12,13). The number of fused-ring (bicyclic) bond motifs is 1. The molecule has 2 N–H and O–H groups in total. The summed E-state index contributed by atoms with van der Waals surface area (Å²) in [5, 5.41) is 9.71. The molecular formula is C10H13N3S. The number of nitrogens with one attached hydrogen (secondary N) is 2. The van der Waals surface area contributed by atoms with E-state index in [1.165, 1.54) is 10.1 Å². The summed E-state index contributed by atoms with van der Waals surface area (Å²) < 4.78 is 1.28. The van der Waals surface area contributed by atoms with E-state index in [1.807, 2.05) is 19.3 Å². The van der Waals surface area contributed by atoms with Gasteiger partial charge in [-0.3, -0.25) is 0 Å². The fraction of sp³-hybridized carbons (Fsp3) is 0.300. The SMILES string of the molecule is CNCCNc1nccc2sccc12. The lowest BCUT2D eigenvalue weighted by atomic mass is 10.3. The van der Waals surface area contributed by atoms with Crippen LogP contribution in [0.15, 0.2) is 23.7 Å². The molecule has 0 fully saturated rings. The first-order valence-electron chi connectivity index (χ1n) is 4.62. The van der Waals surface area contributed by atoms with Crippen molar-refractivity contribution in [3.05, 3.63) is 23.7 Å². The molecule has 0 radical (unpaired) electrons. The van der Waals surface area contributed by atoms with Crippen molar-refractivity contribution in [3.8, 4) is 0 Å². The van der Waals surface area contributed by atoms with Crippen LogP contribution in [0.25, 0.3) is 10.1 Å². The molecule has 2 heterocycles. The molecule has 14 heavy (non-hydrogen) atoms. The Balaban J connectivity index is 2.19. The van der Waals surface area contributed by atoms with Gasteiger partial charge in [-0.25, -0.2) is 4.98 Å². The summed E-state index contributed by atoms with van der Waals surface area (Å²) in [5.41, 5.74) is 0. The van der Waals surface area contributed by atoms with Gasteiger partial charge in [0.2, 0.25) is 0 Å². The van der Waals surface area contributed by atoms with Crippen LogP contribution < -0.4 is 10.6 Å². The van der Waals surface area contributed by atoms with Gasteiger partial charge in [0.05, 0.1) is 0 Å². The minimum Gasteiger partial charge on any atom is -0.368 e. The van der Waals surface area contributed by atoms with Crippen LogP contribution in [-0.4, -0.2) is 25.1 Å². The molecule has 0 aliphatic rings. The average Bonchev–Trinajstić information content (AvgIpc) is 2.67. The Bertz CT molecular complexity index is 410. The van der Waals surface area contributed by atoms with Gasteiger partial charge in [-0.2, -0.15) is 0 Å². The third-order valence-electron chi connectivity index (χ3n) is 2.05. The van der Waals surface area contributed by atoms with Crippen molar-refractivity contribution in [2.45, 2.75) is 0 Å². The molecule has 0 spiro atoms. The van der Waals surface area contributed by atoms with Crippen molar-refractivity contribution in [1.29, 1.82) is 0 Å². The molecule has 0 atom stereocenters. The molecule has 0 bridgehead atoms. The zero-order valence-corrected chi connectivity index (χ0v) is 8.90. The van der Waals surface area contributed by atoms with Crippen molar-refractivity contribution in [2.75, 3.05) is 25.5 Å². The number of likely N-dealkylation sites (N-methyl/N-ethyl adjacent to an activating group) is 1. The molecule has 2 aromatic heterocycles. The Morgan fingerprint density at radius 2 is 2.29 bits per heavy atom. The molecular weight excluding hydrogens is 194 g/mol. The van der Waals surface area contributed by atoms with Gasteiger partial charge in [0.1, 0.15) is 5.82 Å². The van der Waals surface area contributed by atoms with Gasteiger partial charge in [0.15, 0.2) is 0 Å². The van der Waals surface area contributed by atoms with Crippen molar-refractivity contribution >= 4 is 27.2 Å². The van der Waals surface area contributed by atoms with Crippen molar-refractivity contribution in [3.63, 3.8) is 0 Å². The first kappa shape index (κ1) is 9.43. The monoisotopic (exact) mass is 207 g/mol. The highest BCUT2D eigenvalue weighted by atomic mass is 32.1. The number of hydrogen-bond acceptors (Lipinski definition) is 4. The smallest absolute Gasteiger partial charge is 0.134 e. The number of nitrogens with zero attached hydrogens (tertiary/aromatic N) is 1. The fourth-order valence-electron chi connectivity index (χ4n) is 1.34. The lowest BCUT2D eigenvalue weighted by molar-refractivity contribution is 0.822. The van der Waals surface area contributed by atoms with Gasteiger partial charge in [-0.15, -0.1) is 11.3 Å². The van der Waals surface area contributed by atoms with Crippen LogP contribution in [0.2, 0.25) is 0 Å². The predicted molar refractivity (Wildman–Crippen MR) is 62.0 cm³/mol. The summed E-state index contributed by atoms with van der Waals surface area (Å²) in [6.45, 7) is 1.85. The molecule has 0 saturated heterocycles. The number of pyridine rings is 1. The summed E-state index contributed by atoms with van der Waals surface area (Å²) in [7, 11) is 1.94. The lowest BCUT2D eigenvalue weighted by Crippen LogP contribution is -2.18. The van der Waals surface area contributed by atoms with Gasteiger partial charge < -0.3 is 10.6 Å². The van der Waals surface area contributed by atoms with Crippen LogP contribution in [-0.2, 0) is 0 Å². The van der Waals surface area contributed by atoms with E-state index in [9.17, 15) is 0 Å². The molecule has 2 rings (SSSR count). The van der Waals surface area contributed by atoms with Gasteiger partial charge in [0.25, 0.3) is 0 Å². The molecule has 0 aliphatic heterocycles. The highest BCUT2D eigenvalue weighted by molar-refractivity contribution is 7.17. The van der Waals surface area contributed by atoms with Crippen LogP contribution in [0, 0.1) is 0 Å². The maximum absolute atomic E-state index is 4.32. The topological polar surface area (TPSA) is 37.0 Å². The van der Waals surface area contributed by atoms with E-state index >= 15 is 0 Å². The molecule has 74 valence electrons. The molecule has 2 aromatic rings. The number of hydrogen-bond donors (Lipinski definition) is 2. The normalized spacial score (nSPS) is 10.6. The highest BCUT2D eigenvalue weighted by Crippen LogP contribution is 2.25. The Morgan fingerprint density at radius 3 is 3.14 bits per heavy atom. The maximum Gasteiger partial charge on any atom is 0.134 e. The second kappa shape index (κ2) is 4.39. The van der Waals surface area contributed by atoms with Crippen LogP contribution >= 0.6 is 11.3 Å². The lowest BCUT2D eigenvalue weighted by Gasteiger charge is -2.05. The molecule has 0 unspecified atom stereocenters. The summed E-state index contributed by atoms with van der Waals surface area (Å²) in [5.74, 6) is 0.985. The maximum atomic E-state index is 4.32. The third kappa shape index (κ3) is 1.86. The minimum atomic E-state index is 0.901. The zero-order chi connectivity index (χ0) is 9.80. The third-order valence-corrected chi connectivity index (χ3v) is 2.93. The van der Waals surface area contributed by atoms with E-state index in [0.29, 0.717) is 0 Å². The van der Waals surface area contributed by atoms with E-state index < -0.39 is 0 Å². The Kier molecular flexibility index (Phi) is 2.96. The highest BCUT2D eigenvalue weighted by Gasteiger charge is 2.01. The minimum absolute atomic E-state index is 0.901. The molecule has 4 heteroatoms. The number of anilines is 1. The second-order valence-corrected chi connectivity index (χ2v) is 3.97. The number of aromatic nitrogens is 1. The van der Waals surface area contributed by atoms with E-state index in [4.69, 9.17) is 0 Å². The van der Waals surface area contributed by atoms with Gasteiger partial charge in [-0.05, 0) is 24.6 Å². The Labute approximate surface area is 87.2 Å². The first-order chi connectivity index (χ1) is 6.92. The zero-order valence-electron chi connectivity index (χ0n) is 8.08. The predicted octanol–water partition coefficient (Wildman–Crippen LogP) is 1.93. The van der Waals surface area contributed by atoms with Crippen LogP contribution in [0.5, 0.6) is 0 Å². The number of rotatable bonds is 4. The van der Waals surface area contributed by atoms with Crippen LogP contribution in [0.1, 0.15) is 0 Å². The molecule has 0 saturated carbocycles. The van der Waals surface area contributed by atoms with E-state index in [2.05, 4.69) is 27.1 Å². The van der Waals surface area contributed by atoms with E-state index in [-0.39, 0.29) is 0 Å².